The monoisotopic (exact) mass is 455 g/mol. The van der Waals surface area contributed by atoms with E-state index in [4.69, 9.17) is 0 Å². The summed E-state index contributed by atoms with van der Waals surface area (Å²) in [6.45, 7) is 1.95. The summed E-state index contributed by atoms with van der Waals surface area (Å²) in [4.78, 5) is 43.6. The Kier molecular flexibility index (Phi) is 7.90. The third kappa shape index (κ3) is 5.55. The van der Waals surface area contributed by atoms with Crippen molar-refractivity contribution >= 4 is 35.2 Å². The predicted octanol–water partition coefficient (Wildman–Crippen LogP) is 3.90. The van der Waals surface area contributed by atoms with E-state index in [0.29, 0.717) is 25.3 Å². The fourth-order valence-corrected chi connectivity index (χ4v) is 5.88. The Labute approximate surface area is 194 Å². The second-order valence-corrected chi connectivity index (χ2v) is 9.98. The number of rotatable bonds is 6. The zero-order valence-electron chi connectivity index (χ0n) is 18.7. The van der Waals surface area contributed by atoms with Crippen LogP contribution in [0.5, 0.6) is 0 Å². The van der Waals surface area contributed by atoms with Crippen molar-refractivity contribution < 1.29 is 14.4 Å². The lowest BCUT2D eigenvalue weighted by atomic mass is 9.97. The van der Waals surface area contributed by atoms with Gasteiger partial charge in [0.15, 0.2) is 5.25 Å². The largest absolute Gasteiger partial charge is 0.354 e. The number of para-hydroxylation sites is 1. The predicted molar refractivity (Wildman–Crippen MR) is 128 cm³/mol. The lowest BCUT2D eigenvalue weighted by Gasteiger charge is -2.34. The molecule has 0 aromatic heterocycles. The standard InChI is InChI=1S/C25H33N3O3S/c29-22(26-15-14-19-10-4-3-5-11-19)18-28-20-12-6-7-13-21(20)32-23(25(28)31)24(30)27-16-8-1-2-9-17-27/h6-7,10,12-13,23H,1-5,8-9,11,14-18H2,(H,26,29). The van der Waals surface area contributed by atoms with Gasteiger partial charge in [0.1, 0.15) is 6.54 Å². The molecule has 1 aromatic carbocycles. The van der Waals surface area contributed by atoms with Gasteiger partial charge in [-0.3, -0.25) is 14.4 Å². The van der Waals surface area contributed by atoms with Gasteiger partial charge in [-0.1, -0.05) is 36.6 Å². The highest BCUT2D eigenvalue weighted by atomic mass is 32.2. The maximum absolute atomic E-state index is 13.4. The molecule has 3 amide bonds. The fraction of sp³-hybridized carbons (Fsp3) is 0.560. The second-order valence-electron chi connectivity index (χ2n) is 8.84. The van der Waals surface area contributed by atoms with Crippen molar-refractivity contribution in [1.29, 1.82) is 0 Å². The molecule has 2 aliphatic heterocycles. The highest BCUT2D eigenvalue weighted by Crippen LogP contribution is 2.39. The minimum absolute atomic E-state index is 0.0563. The molecule has 0 radical (unpaired) electrons. The Bertz CT molecular complexity index is 877. The van der Waals surface area contributed by atoms with E-state index in [2.05, 4.69) is 11.4 Å². The van der Waals surface area contributed by atoms with Crippen LogP contribution < -0.4 is 10.2 Å². The van der Waals surface area contributed by atoms with Crippen molar-refractivity contribution in [3.63, 3.8) is 0 Å². The molecule has 1 fully saturated rings. The number of nitrogens with zero attached hydrogens (tertiary/aromatic N) is 2. The Hall–Kier alpha value is -2.28. The molecule has 1 aliphatic carbocycles. The molecule has 0 bridgehead atoms. The summed E-state index contributed by atoms with van der Waals surface area (Å²) in [5.41, 5.74) is 2.13. The van der Waals surface area contributed by atoms with Crippen molar-refractivity contribution in [3.8, 4) is 0 Å². The Morgan fingerprint density at radius 2 is 1.81 bits per heavy atom. The van der Waals surface area contributed by atoms with E-state index < -0.39 is 5.25 Å². The van der Waals surface area contributed by atoms with Gasteiger partial charge in [0.25, 0.3) is 5.91 Å². The summed E-state index contributed by atoms with van der Waals surface area (Å²) in [7, 11) is 0. The SMILES string of the molecule is O=C(CN1C(=O)C(C(=O)N2CCCCCC2)Sc2ccccc21)NCCC1=CCCCC1. The van der Waals surface area contributed by atoms with Crippen LogP contribution in [0.2, 0.25) is 0 Å². The minimum atomic E-state index is -0.816. The molecule has 1 aromatic rings. The van der Waals surface area contributed by atoms with Gasteiger partial charge in [-0.2, -0.15) is 0 Å². The molecular weight excluding hydrogens is 422 g/mol. The quantitative estimate of drug-likeness (QED) is 0.522. The van der Waals surface area contributed by atoms with Gasteiger partial charge < -0.3 is 15.1 Å². The normalized spacial score (nSPS) is 21.4. The Morgan fingerprint density at radius 1 is 1.03 bits per heavy atom. The van der Waals surface area contributed by atoms with Gasteiger partial charge in [-0.15, -0.1) is 11.8 Å². The first-order chi connectivity index (χ1) is 15.6. The van der Waals surface area contributed by atoms with Gasteiger partial charge in [-0.05, 0) is 57.1 Å². The van der Waals surface area contributed by atoms with E-state index in [0.717, 1.165) is 49.8 Å². The van der Waals surface area contributed by atoms with E-state index in [1.165, 1.54) is 35.1 Å². The molecule has 1 N–H and O–H groups in total. The first-order valence-electron chi connectivity index (χ1n) is 11.9. The topological polar surface area (TPSA) is 69.7 Å². The average molecular weight is 456 g/mol. The molecule has 3 aliphatic rings. The van der Waals surface area contributed by atoms with Crippen LogP contribution in [0.4, 0.5) is 5.69 Å². The summed E-state index contributed by atoms with van der Waals surface area (Å²) in [6, 6.07) is 7.55. The fourth-order valence-electron chi connectivity index (χ4n) is 4.69. The number of carbonyl (C=O) groups excluding carboxylic acids is 3. The first-order valence-corrected chi connectivity index (χ1v) is 12.8. The number of carbonyl (C=O) groups is 3. The maximum Gasteiger partial charge on any atom is 0.250 e. The van der Waals surface area contributed by atoms with E-state index in [1.807, 2.05) is 29.2 Å². The molecule has 0 saturated carbocycles. The number of amides is 3. The minimum Gasteiger partial charge on any atom is -0.354 e. The number of hydrogen-bond acceptors (Lipinski definition) is 4. The van der Waals surface area contributed by atoms with E-state index in [9.17, 15) is 14.4 Å². The van der Waals surface area contributed by atoms with Crippen LogP contribution in [0.1, 0.15) is 57.8 Å². The van der Waals surface area contributed by atoms with Crippen LogP contribution in [-0.4, -0.2) is 54.1 Å². The first kappa shape index (κ1) is 22.9. The molecule has 32 heavy (non-hydrogen) atoms. The molecule has 2 heterocycles. The van der Waals surface area contributed by atoms with Crippen molar-refractivity contribution in [2.24, 2.45) is 0 Å². The summed E-state index contributed by atoms with van der Waals surface area (Å²) in [5, 5.41) is 2.15. The molecule has 1 unspecified atom stereocenters. The lowest BCUT2D eigenvalue weighted by molar-refractivity contribution is -0.135. The van der Waals surface area contributed by atoms with Crippen LogP contribution in [0.25, 0.3) is 0 Å². The zero-order chi connectivity index (χ0) is 22.3. The number of anilines is 1. The van der Waals surface area contributed by atoms with Gasteiger partial charge >= 0.3 is 0 Å². The number of likely N-dealkylation sites (tertiary alicyclic amines) is 1. The summed E-state index contributed by atoms with van der Waals surface area (Å²) >= 11 is 1.32. The maximum atomic E-state index is 13.4. The Morgan fingerprint density at radius 3 is 2.56 bits per heavy atom. The third-order valence-corrected chi connectivity index (χ3v) is 7.73. The number of nitrogens with one attached hydrogen (secondary N) is 1. The molecule has 1 atom stereocenters. The highest BCUT2D eigenvalue weighted by molar-refractivity contribution is 8.01. The van der Waals surface area contributed by atoms with Crippen LogP contribution in [0, 0.1) is 0 Å². The van der Waals surface area contributed by atoms with Crippen LogP contribution in [0.15, 0.2) is 40.8 Å². The van der Waals surface area contributed by atoms with E-state index >= 15 is 0 Å². The number of benzene rings is 1. The number of fused-ring (bicyclic) bond motifs is 1. The average Bonchev–Trinajstić information content (AvgIpc) is 3.11. The molecule has 6 nitrogen and oxygen atoms in total. The second kappa shape index (κ2) is 11.0. The van der Waals surface area contributed by atoms with E-state index in [-0.39, 0.29) is 24.3 Å². The van der Waals surface area contributed by atoms with Crippen LogP contribution >= 0.6 is 11.8 Å². The third-order valence-electron chi connectivity index (χ3n) is 6.49. The van der Waals surface area contributed by atoms with Crippen LogP contribution in [0.3, 0.4) is 0 Å². The summed E-state index contributed by atoms with van der Waals surface area (Å²) < 4.78 is 0. The van der Waals surface area contributed by atoms with Crippen molar-refractivity contribution in [3.05, 3.63) is 35.9 Å². The van der Waals surface area contributed by atoms with Gasteiger partial charge in [-0.25, -0.2) is 0 Å². The van der Waals surface area contributed by atoms with Gasteiger partial charge in [0.05, 0.1) is 5.69 Å². The molecule has 172 valence electrons. The number of thioether (sulfide) groups is 1. The zero-order valence-corrected chi connectivity index (χ0v) is 19.5. The Balaban J connectivity index is 1.42. The van der Waals surface area contributed by atoms with Gasteiger partial charge in [0, 0.05) is 24.5 Å². The van der Waals surface area contributed by atoms with Crippen molar-refractivity contribution in [2.75, 3.05) is 31.1 Å². The van der Waals surface area contributed by atoms with E-state index in [1.54, 1.807) is 0 Å². The van der Waals surface area contributed by atoms with Crippen molar-refractivity contribution in [2.45, 2.75) is 67.9 Å². The molecule has 7 heteroatoms. The molecular formula is C25H33N3O3S. The number of allylic oxidation sites excluding steroid dienone is 1. The molecule has 4 rings (SSSR count). The summed E-state index contributed by atoms with van der Waals surface area (Å²) in [6.07, 6.45) is 12.1. The smallest absolute Gasteiger partial charge is 0.250 e. The molecule has 0 spiro atoms. The lowest BCUT2D eigenvalue weighted by Crippen LogP contribution is -2.52. The van der Waals surface area contributed by atoms with Crippen LogP contribution in [-0.2, 0) is 14.4 Å². The number of hydrogen-bond donors (Lipinski definition) is 1. The van der Waals surface area contributed by atoms with Gasteiger partial charge in [0.2, 0.25) is 11.8 Å². The summed E-state index contributed by atoms with van der Waals surface area (Å²) in [5.74, 6) is -0.587. The van der Waals surface area contributed by atoms with Crippen molar-refractivity contribution in [1.82, 2.24) is 10.2 Å². The highest BCUT2D eigenvalue weighted by Gasteiger charge is 2.40. The molecule has 1 saturated heterocycles.